The molecule has 0 aliphatic heterocycles. The summed E-state index contributed by atoms with van der Waals surface area (Å²) in [5.74, 6) is 0.258. The first-order valence-electron chi connectivity index (χ1n) is 6.93. The maximum atomic E-state index is 12.0. The van der Waals surface area contributed by atoms with Crippen molar-refractivity contribution in [1.29, 1.82) is 0 Å². The molecule has 0 amide bonds. The molecule has 1 unspecified atom stereocenters. The van der Waals surface area contributed by atoms with Gasteiger partial charge in [-0.1, -0.05) is 43.7 Å². The molecular formula is C15H25NO3S. The highest BCUT2D eigenvalue weighted by atomic mass is 32.2. The van der Waals surface area contributed by atoms with E-state index in [-0.39, 0.29) is 11.5 Å². The van der Waals surface area contributed by atoms with Gasteiger partial charge in [0.25, 0.3) is 0 Å². The summed E-state index contributed by atoms with van der Waals surface area (Å²) in [5.41, 5.74) is 1.81. The highest BCUT2D eigenvalue weighted by Gasteiger charge is 2.18. The summed E-state index contributed by atoms with van der Waals surface area (Å²) in [5, 5.41) is 12.9. The number of benzene rings is 1. The van der Waals surface area contributed by atoms with Crippen LogP contribution < -0.4 is 5.32 Å². The third-order valence-electron chi connectivity index (χ3n) is 2.85. The van der Waals surface area contributed by atoms with Gasteiger partial charge in [-0.05, 0) is 24.9 Å². The lowest BCUT2D eigenvalue weighted by atomic mass is 10.2. The van der Waals surface area contributed by atoms with E-state index in [1.807, 2.05) is 25.1 Å². The number of nitrogens with one attached hydrogen (secondary N) is 1. The van der Waals surface area contributed by atoms with Crippen molar-refractivity contribution in [3.63, 3.8) is 0 Å². The Morgan fingerprint density at radius 2 is 1.95 bits per heavy atom. The molecule has 1 aromatic carbocycles. The Labute approximate surface area is 122 Å². The van der Waals surface area contributed by atoms with Crippen LogP contribution in [0, 0.1) is 12.8 Å². The zero-order valence-electron chi connectivity index (χ0n) is 12.5. The molecule has 1 rings (SSSR count). The maximum Gasteiger partial charge on any atom is 0.157 e. The van der Waals surface area contributed by atoms with E-state index in [9.17, 15) is 13.5 Å². The number of aryl methyl sites for hydroxylation is 1. The standard InChI is InChI=1S/C15H25NO3S/c1-12(2)8-16-9-15(17)11-20(18,19)10-14-6-4-5-13(3)7-14/h4-7,12,15-17H,8-11H2,1-3H3. The van der Waals surface area contributed by atoms with Gasteiger partial charge < -0.3 is 10.4 Å². The molecule has 5 heteroatoms. The van der Waals surface area contributed by atoms with Gasteiger partial charge in [-0.25, -0.2) is 8.42 Å². The molecule has 0 fully saturated rings. The molecule has 4 nitrogen and oxygen atoms in total. The third-order valence-corrected chi connectivity index (χ3v) is 4.51. The predicted molar refractivity (Wildman–Crippen MR) is 82.4 cm³/mol. The van der Waals surface area contributed by atoms with Crippen LogP contribution >= 0.6 is 0 Å². The van der Waals surface area contributed by atoms with Crippen LogP contribution in [-0.2, 0) is 15.6 Å². The molecular weight excluding hydrogens is 274 g/mol. The fraction of sp³-hybridized carbons (Fsp3) is 0.600. The van der Waals surface area contributed by atoms with Crippen molar-refractivity contribution in [3.05, 3.63) is 35.4 Å². The minimum Gasteiger partial charge on any atom is -0.391 e. The first-order chi connectivity index (χ1) is 9.28. The van der Waals surface area contributed by atoms with Crippen molar-refractivity contribution >= 4 is 9.84 Å². The molecule has 0 aliphatic carbocycles. The summed E-state index contributed by atoms with van der Waals surface area (Å²) >= 11 is 0. The van der Waals surface area contributed by atoms with Crippen molar-refractivity contribution in [3.8, 4) is 0 Å². The van der Waals surface area contributed by atoms with Crippen molar-refractivity contribution in [1.82, 2.24) is 5.32 Å². The van der Waals surface area contributed by atoms with Crippen LogP contribution in [0.1, 0.15) is 25.0 Å². The molecule has 0 spiro atoms. The zero-order chi connectivity index (χ0) is 15.2. The Morgan fingerprint density at radius 1 is 1.25 bits per heavy atom. The Hall–Kier alpha value is -0.910. The number of hydrogen-bond donors (Lipinski definition) is 2. The topological polar surface area (TPSA) is 66.4 Å². The molecule has 0 heterocycles. The minimum atomic E-state index is -3.29. The summed E-state index contributed by atoms with van der Waals surface area (Å²) in [6.07, 6.45) is -0.858. The second kappa shape index (κ2) is 7.76. The normalized spacial score (nSPS) is 13.7. The van der Waals surface area contributed by atoms with Crippen LogP contribution in [0.25, 0.3) is 0 Å². The molecule has 1 aromatic rings. The number of aliphatic hydroxyl groups excluding tert-OH is 1. The third kappa shape index (κ3) is 7.03. The van der Waals surface area contributed by atoms with E-state index in [1.54, 1.807) is 6.07 Å². The first-order valence-corrected chi connectivity index (χ1v) is 8.75. The molecule has 1 atom stereocenters. The van der Waals surface area contributed by atoms with Crippen molar-refractivity contribution in [2.75, 3.05) is 18.8 Å². The molecule has 2 N–H and O–H groups in total. The van der Waals surface area contributed by atoms with Gasteiger partial charge in [0.15, 0.2) is 9.84 Å². The maximum absolute atomic E-state index is 12.0. The van der Waals surface area contributed by atoms with Gasteiger partial charge in [-0.15, -0.1) is 0 Å². The number of sulfone groups is 1. The molecule has 0 saturated heterocycles. The van der Waals surface area contributed by atoms with Gasteiger partial charge in [-0.3, -0.25) is 0 Å². The van der Waals surface area contributed by atoms with Gasteiger partial charge in [0.2, 0.25) is 0 Å². The van der Waals surface area contributed by atoms with Gasteiger partial charge in [-0.2, -0.15) is 0 Å². The lowest BCUT2D eigenvalue weighted by Gasteiger charge is -2.13. The molecule has 0 aliphatic rings. The fourth-order valence-corrected chi connectivity index (χ4v) is 3.51. The van der Waals surface area contributed by atoms with E-state index in [4.69, 9.17) is 0 Å². The Bertz CT molecular complexity index is 512. The number of rotatable bonds is 8. The molecule has 0 saturated carbocycles. The van der Waals surface area contributed by atoms with Crippen molar-refractivity contribution in [2.45, 2.75) is 32.6 Å². The van der Waals surface area contributed by atoms with E-state index in [0.717, 1.165) is 17.7 Å². The quantitative estimate of drug-likeness (QED) is 0.764. The van der Waals surface area contributed by atoms with Crippen molar-refractivity contribution in [2.24, 2.45) is 5.92 Å². The van der Waals surface area contributed by atoms with E-state index < -0.39 is 15.9 Å². The SMILES string of the molecule is Cc1cccc(CS(=O)(=O)CC(O)CNCC(C)C)c1. The van der Waals surface area contributed by atoms with Gasteiger partial charge in [0, 0.05) is 6.54 Å². The molecule has 20 heavy (non-hydrogen) atoms. The Morgan fingerprint density at radius 3 is 2.55 bits per heavy atom. The molecule has 0 aromatic heterocycles. The van der Waals surface area contributed by atoms with Crippen LogP contribution in [0.4, 0.5) is 0 Å². The smallest absolute Gasteiger partial charge is 0.157 e. The summed E-state index contributed by atoms with van der Waals surface area (Å²) in [7, 11) is -3.29. The molecule has 0 bridgehead atoms. The second-order valence-electron chi connectivity index (χ2n) is 5.75. The van der Waals surface area contributed by atoms with Gasteiger partial charge in [0.1, 0.15) is 0 Å². The van der Waals surface area contributed by atoms with E-state index in [1.165, 1.54) is 0 Å². The van der Waals surface area contributed by atoms with Gasteiger partial charge >= 0.3 is 0 Å². The second-order valence-corrected chi connectivity index (χ2v) is 7.86. The average Bonchev–Trinajstić information content (AvgIpc) is 2.26. The Kier molecular flexibility index (Phi) is 6.65. The predicted octanol–water partition coefficient (Wildman–Crippen LogP) is 1.52. The summed E-state index contributed by atoms with van der Waals surface area (Å²) in [6, 6.07) is 7.44. The van der Waals surface area contributed by atoms with E-state index in [0.29, 0.717) is 12.5 Å². The zero-order valence-corrected chi connectivity index (χ0v) is 13.3. The highest BCUT2D eigenvalue weighted by Crippen LogP contribution is 2.10. The van der Waals surface area contributed by atoms with Crippen molar-refractivity contribution < 1.29 is 13.5 Å². The average molecular weight is 299 g/mol. The number of hydrogen-bond acceptors (Lipinski definition) is 4. The van der Waals surface area contributed by atoms with Crippen LogP contribution in [0.3, 0.4) is 0 Å². The van der Waals surface area contributed by atoms with Gasteiger partial charge in [0.05, 0.1) is 17.6 Å². The number of aliphatic hydroxyl groups is 1. The highest BCUT2D eigenvalue weighted by molar-refractivity contribution is 7.90. The van der Waals surface area contributed by atoms with E-state index >= 15 is 0 Å². The lowest BCUT2D eigenvalue weighted by molar-refractivity contribution is 0.192. The van der Waals surface area contributed by atoms with Crippen LogP contribution in [0.15, 0.2) is 24.3 Å². The summed E-state index contributed by atoms with van der Waals surface area (Å²) < 4.78 is 24.1. The summed E-state index contributed by atoms with van der Waals surface area (Å²) in [6.45, 7) is 7.14. The van der Waals surface area contributed by atoms with Crippen LogP contribution in [0.5, 0.6) is 0 Å². The summed E-state index contributed by atoms with van der Waals surface area (Å²) in [4.78, 5) is 0. The molecule has 0 radical (unpaired) electrons. The largest absolute Gasteiger partial charge is 0.391 e. The lowest BCUT2D eigenvalue weighted by Crippen LogP contribution is -2.34. The van der Waals surface area contributed by atoms with E-state index in [2.05, 4.69) is 19.2 Å². The van der Waals surface area contributed by atoms with Crippen LogP contribution in [0.2, 0.25) is 0 Å². The minimum absolute atomic E-state index is 0.0179. The van der Waals surface area contributed by atoms with Crippen LogP contribution in [-0.4, -0.2) is 38.5 Å². The first kappa shape index (κ1) is 17.1. The fourth-order valence-electron chi connectivity index (χ4n) is 2.01. The Balaban J connectivity index is 2.48. The monoisotopic (exact) mass is 299 g/mol. The molecule has 114 valence electrons.